The van der Waals surface area contributed by atoms with E-state index >= 15 is 0 Å². The molecule has 1 atom stereocenters. The number of hydrogen-bond acceptors (Lipinski definition) is 1. The van der Waals surface area contributed by atoms with E-state index in [2.05, 4.69) is 243 Å². The van der Waals surface area contributed by atoms with Gasteiger partial charge in [-0.05, 0) is 125 Å². The summed E-state index contributed by atoms with van der Waals surface area (Å²) in [5.74, 6) is 0. The van der Waals surface area contributed by atoms with Gasteiger partial charge in [0, 0.05) is 22.4 Å². The minimum absolute atomic E-state index is 0.151. The third kappa shape index (κ3) is 4.94. The van der Waals surface area contributed by atoms with Gasteiger partial charge in [-0.25, -0.2) is 0 Å². The zero-order valence-corrected chi connectivity index (χ0v) is 35.3. The molecule has 0 bridgehead atoms. The van der Waals surface area contributed by atoms with E-state index in [0.717, 1.165) is 17.1 Å². The summed E-state index contributed by atoms with van der Waals surface area (Å²) in [5, 5.41) is 2.59. The first kappa shape index (κ1) is 36.0. The van der Waals surface area contributed by atoms with Crippen LogP contribution in [-0.2, 0) is 10.8 Å². The van der Waals surface area contributed by atoms with Gasteiger partial charge in [-0.3, -0.25) is 0 Å². The largest absolute Gasteiger partial charge is 0.310 e. The van der Waals surface area contributed by atoms with Crippen LogP contribution >= 0.6 is 0 Å². The van der Waals surface area contributed by atoms with Crippen LogP contribution in [0.1, 0.15) is 47.2 Å². The van der Waals surface area contributed by atoms with Gasteiger partial charge in [0.25, 0.3) is 0 Å². The number of nitrogens with zero attached hydrogens (tertiary/aromatic N) is 1. The van der Waals surface area contributed by atoms with Crippen LogP contribution in [0, 0.1) is 0 Å². The van der Waals surface area contributed by atoms with E-state index in [1.165, 1.54) is 99.8 Å². The summed E-state index contributed by atoms with van der Waals surface area (Å²) in [6, 6.07) is 84.2. The van der Waals surface area contributed by atoms with Gasteiger partial charge in [-0.1, -0.05) is 208 Å². The highest BCUT2D eigenvalue weighted by atomic mass is 15.1. The first-order chi connectivity index (χ1) is 31.0. The molecule has 0 radical (unpaired) electrons. The smallest absolute Gasteiger partial charge is 0.0732 e. The van der Waals surface area contributed by atoms with Crippen molar-refractivity contribution in [2.24, 2.45) is 0 Å². The second kappa shape index (κ2) is 13.4. The van der Waals surface area contributed by atoms with Gasteiger partial charge < -0.3 is 4.90 Å². The lowest BCUT2D eigenvalue weighted by atomic mass is 9.60. The molecular formula is C62H43N. The predicted octanol–water partition coefficient (Wildman–Crippen LogP) is 16.3. The Morgan fingerprint density at radius 2 is 0.778 bits per heavy atom. The molecule has 0 fully saturated rings. The zero-order valence-electron chi connectivity index (χ0n) is 35.3. The Labute approximate surface area is 369 Å². The first-order valence-electron chi connectivity index (χ1n) is 22.2. The highest BCUT2D eigenvalue weighted by Gasteiger charge is 2.51. The molecule has 10 aromatic rings. The molecule has 63 heavy (non-hydrogen) atoms. The SMILES string of the molecule is CC1(C)c2ccccc2-c2ccc(N(c3ccc4c(c3)C3(c5ccccc5-4)c4ccccc4-c4cccc5ccc(-c6ccccc6)c3c45)c3ccccc3-c3ccccc3)cc21. The van der Waals surface area contributed by atoms with Gasteiger partial charge in [0.05, 0.1) is 11.1 Å². The fourth-order valence-corrected chi connectivity index (χ4v) is 11.8. The van der Waals surface area contributed by atoms with Crippen molar-refractivity contribution in [1.29, 1.82) is 0 Å². The molecule has 0 saturated heterocycles. The summed E-state index contributed by atoms with van der Waals surface area (Å²) >= 11 is 0. The van der Waals surface area contributed by atoms with Crippen molar-refractivity contribution in [2.75, 3.05) is 4.90 Å². The van der Waals surface area contributed by atoms with Crippen LogP contribution in [0.4, 0.5) is 17.1 Å². The topological polar surface area (TPSA) is 3.24 Å². The van der Waals surface area contributed by atoms with Gasteiger partial charge in [-0.15, -0.1) is 0 Å². The summed E-state index contributed by atoms with van der Waals surface area (Å²) in [7, 11) is 0. The molecule has 1 nitrogen and oxygen atoms in total. The molecule has 0 aliphatic heterocycles. The van der Waals surface area contributed by atoms with E-state index in [4.69, 9.17) is 0 Å². The molecule has 0 aromatic heterocycles. The van der Waals surface area contributed by atoms with Gasteiger partial charge in [-0.2, -0.15) is 0 Å². The van der Waals surface area contributed by atoms with E-state index in [9.17, 15) is 0 Å². The maximum Gasteiger partial charge on any atom is 0.0732 e. The van der Waals surface area contributed by atoms with Crippen molar-refractivity contribution in [2.45, 2.75) is 24.7 Å². The number of benzene rings is 10. The van der Waals surface area contributed by atoms with Crippen molar-refractivity contribution in [3.05, 3.63) is 258 Å². The van der Waals surface area contributed by atoms with Crippen molar-refractivity contribution in [1.82, 2.24) is 0 Å². The van der Waals surface area contributed by atoms with Crippen LogP contribution in [-0.4, -0.2) is 0 Å². The Kier molecular flexibility index (Phi) is 7.64. The van der Waals surface area contributed by atoms with Gasteiger partial charge in [0.15, 0.2) is 0 Å². The van der Waals surface area contributed by atoms with Crippen molar-refractivity contribution in [3.8, 4) is 55.6 Å². The van der Waals surface area contributed by atoms with Crippen LogP contribution in [0.3, 0.4) is 0 Å². The van der Waals surface area contributed by atoms with Gasteiger partial charge >= 0.3 is 0 Å². The summed E-state index contributed by atoms with van der Waals surface area (Å²) in [4.78, 5) is 2.53. The fourth-order valence-electron chi connectivity index (χ4n) is 11.8. The van der Waals surface area contributed by atoms with Crippen LogP contribution in [0.25, 0.3) is 66.4 Å². The lowest BCUT2D eigenvalue weighted by Gasteiger charge is -2.42. The molecule has 296 valence electrons. The van der Waals surface area contributed by atoms with Crippen LogP contribution < -0.4 is 4.90 Å². The minimum Gasteiger partial charge on any atom is -0.310 e. The van der Waals surface area contributed by atoms with Crippen LogP contribution in [0.2, 0.25) is 0 Å². The molecule has 3 aliphatic carbocycles. The Hall–Kier alpha value is -7.74. The molecule has 0 saturated carbocycles. The van der Waals surface area contributed by atoms with E-state index in [1.54, 1.807) is 0 Å². The van der Waals surface area contributed by atoms with Gasteiger partial charge in [0.2, 0.25) is 0 Å². The third-order valence-corrected chi connectivity index (χ3v) is 14.5. The number of rotatable bonds is 5. The minimum atomic E-state index is -0.607. The molecular weight excluding hydrogens is 759 g/mol. The van der Waals surface area contributed by atoms with Crippen molar-refractivity contribution in [3.63, 3.8) is 0 Å². The second-order valence-corrected chi connectivity index (χ2v) is 17.9. The quantitative estimate of drug-likeness (QED) is 0.168. The van der Waals surface area contributed by atoms with E-state index in [0.29, 0.717) is 0 Å². The summed E-state index contributed by atoms with van der Waals surface area (Å²) < 4.78 is 0. The van der Waals surface area contributed by atoms with Crippen LogP contribution in [0.15, 0.2) is 224 Å². The molecule has 1 unspecified atom stereocenters. The summed E-state index contributed by atoms with van der Waals surface area (Å²) in [6.45, 7) is 4.76. The highest BCUT2D eigenvalue weighted by Crippen LogP contribution is 2.64. The number of para-hydroxylation sites is 1. The summed E-state index contributed by atoms with van der Waals surface area (Å²) in [5.41, 5.74) is 23.4. The molecule has 10 aromatic carbocycles. The average molecular weight is 802 g/mol. The lowest BCUT2D eigenvalue weighted by molar-refractivity contribution is 0.660. The Morgan fingerprint density at radius 3 is 1.44 bits per heavy atom. The second-order valence-electron chi connectivity index (χ2n) is 17.9. The predicted molar refractivity (Wildman–Crippen MR) is 263 cm³/mol. The van der Waals surface area contributed by atoms with E-state index in [-0.39, 0.29) is 5.41 Å². The molecule has 1 spiro atoms. The third-order valence-electron chi connectivity index (χ3n) is 14.5. The highest BCUT2D eigenvalue weighted by molar-refractivity contribution is 6.10. The van der Waals surface area contributed by atoms with Crippen molar-refractivity contribution >= 4 is 27.8 Å². The molecule has 0 N–H and O–H groups in total. The monoisotopic (exact) mass is 801 g/mol. The number of fused-ring (bicyclic) bond motifs is 12. The van der Waals surface area contributed by atoms with E-state index in [1.807, 2.05) is 0 Å². The zero-order chi connectivity index (χ0) is 41.9. The normalized spacial score (nSPS) is 15.7. The van der Waals surface area contributed by atoms with Gasteiger partial charge in [0.1, 0.15) is 0 Å². The standard InChI is InChI=1S/C62H43N/c1-61(2)53-28-13-9-24-47(53)50-36-33-43(38-56(50)61)63(58-31-16-12-23-45(58)40-18-5-3-6-19-40)44-34-37-51-48-25-10-14-29-54(48)62(57(51)39-44)55-30-15-11-26-49(55)52-27-17-22-42-32-35-46(60(62)59(42)52)41-20-7-4-8-21-41/h3-39H,1-2H3. The molecule has 1 heteroatoms. The molecule has 13 rings (SSSR count). The number of anilines is 3. The fraction of sp³-hybridized carbons (Fsp3) is 0.0645. The lowest BCUT2D eigenvalue weighted by Crippen LogP contribution is -2.32. The van der Waals surface area contributed by atoms with E-state index < -0.39 is 5.41 Å². The Balaban J connectivity index is 1.14. The van der Waals surface area contributed by atoms with Crippen LogP contribution in [0.5, 0.6) is 0 Å². The average Bonchev–Trinajstić information content (AvgIpc) is 3.76. The number of hydrogen-bond donors (Lipinski definition) is 0. The first-order valence-corrected chi connectivity index (χ1v) is 22.2. The Morgan fingerprint density at radius 1 is 0.317 bits per heavy atom. The molecule has 0 heterocycles. The maximum absolute atomic E-state index is 2.54. The van der Waals surface area contributed by atoms with Crippen molar-refractivity contribution < 1.29 is 0 Å². The maximum atomic E-state index is 2.54. The Bertz CT molecular complexity index is 3490. The molecule has 0 amide bonds. The summed E-state index contributed by atoms with van der Waals surface area (Å²) in [6.07, 6.45) is 0. The molecule has 3 aliphatic rings.